The predicted molar refractivity (Wildman–Crippen MR) is 61.3 cm³/mol. The Morgan fingerprint density at radius 2 is 1.95 bits per heavy atom. The van der Waals surface area contributed by atoms with Crippen molar-refractivity contribution in [3.63, 3.8) is 0 Å². The Bertz CT molecular complexity index is 630. The van der Waals surface area contributed by atoms with Crippen LogP contribution >= 0.6 is 0 Å². The number of nitrogens with one attached hydrogen (secondary N) is 4. The quantitative estimate of drug-likeness (QED) is 0.441. The Labute approximate surface area is 105 Å². The van der Waals surface area contributed by atoms with Crippen molar-refractivity contribution in [1.82, 2.24) is 20.6 Å². The maximum absolute atomic E-state index is 11.7. The maximum atomic E-state index is 11.7. The molecule has 0 saturated carbocycles. The molecule has 1 aliphatic rings. The lowest BCUT2D eigenvalue weighted by Crippen LogP contribution is -2.52. The summed E-state index contributed by atoms with van der Waals surface area (Å²) in [6, 6.07) is 0.0378. The molecule has 1 saturated heterocycles. The van der Waals surface area contributed by atoms with E-state index in [2.05, 4.69) is 15.6 Å². The van der Waals surface area contributed by atoms with Crippen LogP contribution in [0.3, 0.4) is 0 Å². The van der Waals surface area contributed by atoms with Crippen LogP contribution in [0.1, 0.15) is 23.3 Å². The standard InChI is InChI=1S/C10H10N4O5/c15-6-2-1-4(8(17)13-6)11-9(18)5-3-7(16)14-10(19)12-5/h3-4H,1-2H2,(H,11,18)(H,13,15,17)(H2,12,14,16,19). The molecule has 0 aromatic carbocycles. The zero-order chi connectivity index (χ0) is 14.0. The van der Waals surface area contributed by atoms with E-state index < -0.39 is 35.0 Å². The molecule has 1 aliphatic heterocycles. The third kappa shape index (κ3) is 2.94. The average Bonchev–Trinajstić information content (AvgIpc) is 2.31. The van der Waals surface area contributed by atoms with Gasteiger partial charge in [-0.3, -0.25) is 29.5 Å². The number of imide groups is 1. The molecule has 0 radical (unpaired) electrons. The summed E-state index contributed by atoms with van der Waals surface area (Å²) in [6.07, 6.45) is 0.284. The molecular formula is C10H10N4O5. The van der Waals surface area contributed by atoms with E-state index in [9.17, 15) is 24.0 Å². The molecule has 0 aliphatic carbocycles. The number of carbonyl (C=O) groups excluding carboxylic acids is 3. The van der Waals surface area contributed by atoms with Crippen molar-refractivity contribution in [1.29, 1.82) is 0 Å². The summed E-state index contributed by atoms with van der Waals surface area (Å²) in [7, 11) is 0. The molecule has 1 atom stereocenters. The van der Waals surface area contributed by atoms with Crippen LogP contribution in [0.25, 0.3) is 0 Å². The first-order chi connectivity index (χ1) is 8.95. The van der Waals surface area contributed by atoms with Gasteiger partial charge in [0.15, 0.2) is 0 Å². The lowest BCUT2D eigenvalue weighted by molar-refractivity contribution is -0.134. The van der Waals surface area contributed by atoms with Crippen LogP contribution in [0.15, 0.2) is 15.7 Å². The van der Waals surface area contributed by atoms with Crippen LogP contribution in [0.2, 0.25) is 0 Å². The molecule has 1 unspecified atom stereocenters. The molecule has 1 aromatic heterocycles. The molecule has 2 rings (SSSR count). The second-order valence-electron chi connectivity index (χ2n) is 3.98. The minimum Gasteiger partial charge on any atom is -0.339 e. The largest absolute Gasteiger partial charge is 0.339 e. The van der Waals surface area contributed by atoms with Crippen LogP contribution in [-0.4, -0.2) is 33.7 Å². The Morgan fingerprint density at radius 3 is 2.58 bits per heavy atom. The van der Waals surface area contributed by atoms with Gasteiger partial charge in [-0.25, -0.2) is 4.79 Å². The third-order valence-electron chi connectivity index (χ3n) is 2.55. The molecule has 1 aromatic rings. The Morgan fingerprint density at radius 1 is 1.21 bits per heavy atom. The first-order valence-corrected chi connectivity index (χ1v) is 5.44. The lowest BCUT2D eigenvalue weighted by Gasteiger charge is -2.21. The Balaban J connectivity index is 2.13. The van der Waals surface area contributed by atoms with Gasteiger partial charge in [0.25, 0.3) is 11.5 Å². The number of piperidine rings is 1. The molecule has 0 bridgehead atoms. The van der Waals surface area contributed by atoms with Crippen molar-refractivity contribution in [3.05, 3.63) is 32.6 Å². The smallest absolute Gasteiger partial charge is 0.326 e. The SMILES string of the molecule is O=C1CCC(NC(=O)c2cc(=O)[nH]c(=O)[nH]2)C(=O)N1. The molecule has 19 heavy (non-hydrogen) atoms. The molecule has 3 amide bonds. The van der Waals surface area contributed by atoms with Gasteiger partial charge in [-0.2, -0.15) is 0 Å². The van der Waals surface area contributed by atoms with E-state index in [1.807, 2.05) is 4.98 Å². The summed E-state index contributed by atoms with van der Waals surface area (Å²) in [5.74, 6) is -1.78. The third-order valence-corrected chi connectivity index (χ3v) is 2.55. The van der Waals surface area contributed by atoms with Gasteiger partial charge in [0, 0.05) is 12.5 Å². The minimum atomic E-state index is -0.868. The van der Waals surface area contributed by atoms with E-state index in [0.29, 0.717) is 0 Å². The zero-order valence-electron chi connectivity index (χ0n) is 9.61. The second kappa shape index (κ2) is 4.88. The summed E-state index contributed by atoms with van der Waals surface area (Å²) < 4.78 is 0. The topological polar surface area (TPSA) is 141 Å². The maximum Gasteiger partial charge on any atom is 0.326 e. The van der Waals surface area contributed by atoms with E-state index in [0.717, 1.165) is 6.07 Å². The summed E-state index contributed by atoms with van der Waals surface area (Å²) >= 11 is 0. The number of H-pyrrole nitrogens is 2. The Kier molecular flexibility index (Phi) is 3.27. The second-order valence-corrected chi connectivity index (χ2v) is 3.98. The molecule has 2 heterocycles. The van der Waals surface area contributed by atoms with E-state index in [1.165, 1.54) is 0 Å². The number of hydrogen-bond donors (Lipinski definition) is 4. The van der Waals surface area contributed by atoms with Crippen molar-refractivity contribution in [2.45, 2.75) is 18.9 Å². The van der Waals surface area contributed by atoms with Crippen LogP contribution in [0.5, 0.6) is 0 Å². The van der Waals surface area contributed by atoms with Crippen molar-refractivity contribution >= 4 is 17.7 Å². The highest BCUT2D eigenvalue weighted by Gasteiger charge is 2.28. The molecule has 9 nitrogen and oxygen atoms in total. The van der Waals surface area contributed by atoms with Crippen molar-refractivity contribution in [2.24, 2.45) is 0 Å². The van der Waals surface area contributed by atoms with E-state index >= 15 is 0 Å². The lowest BCUT2D eigenvalue weighted by atomic mass is 10.1. The van der Waals surface area contributed by atoms with Gasteiger partial charge >= 0.3 is 5.69 Å². The highest BCUT2D eigenvalue weighted by atomic mass is 16.2. The Hall–Kier alpha value is -2.71. The minimum absolute atomic E-state index is 0.114. The van der Waals surface area contributed by atoms with Crippen LogP contribution in [-0.2, 0) is 9.59 Å². The first-order valence-electron chi connectivity index (χ1n) is 5.44. The van der Waals surface area contributed by atoms with E-state index in [4.69, 9.17) is 0 Å². The van der Waals surface area contributed by atoms with Gasteiger partial charge in [-0.05, 0) is 6.42 Å². The monoisotopic (exact) mass is 266 g/mol. The average molecular weight is 266 g/mol. The molecule has 9 heteroatoms. The fraction of sp³-hybridized carbons (Fsp3) is 0.300. The van der Waals surface area contributed by atoms with Crippen molar-refractivity contribution < 1.29 is 14.4 Å². The fourth-order valence-electron chi connectivity index (χ4n) is 1.66. The number of rotatable bonds is 2. The van der Waals surface area contributed by atoms with Gasteiger partial charge in [0.1, 0.15) is 11.7 Å². The van der Waals surface area contributed by atoms with Crippen molar-refractivity contribution in [3.8, 4) is 0 Å². The van der Waals surface area contributed by atoms with E-state index in [1.54, 1.807) is 0 Å². The van der Waals surface area contributed by atoms with Crippen molar-refractivity contribution in [2.75, 3.05) is 0 Å². The number of aromatic nitrogens is 2. The van der Waals surface area contributed by atoms with Crippen LogP contribution < -0.4 is 21.9 Å². The number of aromatic amines is 2. The highest BCUT2D eigenvalue weighted by Crippen LogP contribution is 2.04. The highest BCUT2D eigenvalue weighted by molar-refractivity contribution is 6.03. The molecule has 100 valence electrons. The van der Waals surface area contributed by atoms with Crippen LogP contribution in [0, 0.1) is 0 Å². The van der Waals surface area contributed by atoms with Gasteiger partial charge in [0.05, 0.1) is 0 Å². The zero-order valence-corrected chi connectivity index (χ0v) is 9.61. The van der Waals surface area contributed by atoms with Gasteiger partial charge in [-0.1, -0.05) is 0 Å². The molecular weight excluding hydrogens is 256 g/mol. The molecule has 1 fully saturated rings. The normalized spacial score (nSPS) is 18.8. The number of amides is 3. The van der Waals surface area contributed by atoms with Crippen LogP contribution in [0.4, 0.5) is 0 Å². The fourth-order valence-corrected chi connectivity index (χ4v) is 1.66. The number of carbonyl (C=O) groups is 3. The molecule has 0 spiro atoms. The summed E-state index contributed by atoms with van der Waals surface area (Å²) in [5, 5.41) is 4.41. The van der Waals surface area contributed by atoms with Gasteiger partial charge < -0.3 is 10.3 Å². The first kappa shape index (κ1) is 12.7. The number of hydrogen-bond acceptors (Lipinski definition) is 5. The summed E-state index contributed by atoms with van der Waals surface area (Å²) in [6.45, 7) is 0. The van der Waals surface area contributed by atoms with Gasteiger partial charge in [0.2, 0.25) is 11.8 Å². The molecule has 4 N–H and O–H groups in total. The summed E-state index contributed by atoms with van der Waals surface area (Å²) in [5.41, 5.74) is -1.79. The van der Waals surface area contributed by atoms with Gasteiger partial charge in [-0.15, -0.1) is 0 Å². The van der Waals surface area contributed by atoms with E-state index in [-0.39, 0.29) is 18.5 Å². The summed E-state index contributed by atoms with van der Waals surface area (Å²) in [4.78, 5) is 60.2. The predicted octanol–water partition coefficient (Wildman–Crippen LogP) is -2.40.